The van der Waals surface area contributed by atoms with Crippen LogP contribution in [-0.4, -0.2) is 29.6 Å². The third-order valence-corrected chi connectivity index (χ3v) is 1.70. The molecule has 0 aliphatic rings. The Kier molecular flexibility index (Phi) is 8.33. The standard InChI is InChI=1S/C9H20NO3/c1-3-4-8-13-10(12)7-5-6-9(2)11/h9,11H,3-8H2,1-2H3/q-1. The molecule has 0 heterocycles. The first-order chi connectivity index (χ1) is 6.16. The lowest BCUT2D eigenvalue weighted by molar-refractivity contribution is -0.122. The first-order valence-corrected chi connectivity index (χ1v) is 4.92. The average molecular weight is 190 g/mol. The summed E-state index contributed by atoms with van der Waals surface area (Å²) in [4.78, 5) is 4.86. The molecule has 0 aromatic heterocycles. The fraction of sp³-hybridized carbons (Fsp3) is 1.00. The molecule has 0 amide bonds. The van der Waals surface area contributed by atoms with Gasteiger partial charge in [0.2, 0.25) is 0 Å². The summed E-state index contributed by atoms with van der Waals surface area (Å²) >= 11 is 0. The largest absolute Gasteiger partial charge is 0.762 e. The highest BCUT2D eigenvalue weighted by Gasteiger charge is 1.96. The molecule has 80 valence electrons. The Morgan fingerprint density at radius 3 is 2.69 bits per heavy atom. The van der Waals surface area contributed by atoms with E-state index in [1.807, 2.05) is 6.92 Å². The molecule has 0 aromatic rings. The van der Waals surface area contributed by atoms with Crippen molar-refractivity contribution in [2.24, 2.45) is 0 Å². The van der Waals surface area contributed by atoms with E-state index < -0.39 is 0 Å². The molecule has 0 rings (SSSR count). The minimum atomic E-state index is -0.330. The first-order valence-electron chi connectivity index (χ1n) is 4.92. The van der Waals surface area contributed by atoms with Gasteiger partial charge >= 0.3 is 0 Å². The van der Waals surface area contributed by atoms with Crippen LogP contribution >= 0.6 is 0 Å². The van der Waals surface area contributed by atoms with Crippen LogP contribution in [-0.2, 0) is 4.84 Å². The fourth-order valence-electron chi connectivity index (χ4n) is 0.891. The molecular weight excluding hydrogens is 170 g/mol. The zero-order valence-corrected chi connectivity index (χ0v) is 8.53. The molecule has 0 spiro atoms. The maximum Gasteiger partial charge on any atom is 0.0673 e. The molecule has 4 nitrogen and oxygen atoms in total. The van der Waals surface area contributed by atoms with Crippen LogP contribution in [0.25, 0.3) is 0 Å². The Morgan fingerprint density at radius 1 is 1.46 bits per heavy atom. The molecule has 1 N–H and O–H groups in total. The van der Waals surface area contributed by atoms with E-state index in [9.17, 15) is 5.21 Å². The molecule has 13 heavy (non-hydrogen) atoms. The van der Waals surface area contributed by atoms with Crippen molar-refractivity contribution in [2.45, 2.75) is 45.6 Å². The normalized spacial score (nSPS) is 13.6. The highest BCUT2D eigenvalue weighted by molar-refractivity contribution is 4.51. The third kappa shape index (κ3) is 9.76. The molecule has 4 heteroatoms. The Labute approximate surface area is 80.0 Å². The zero-order valence-electron chi connectivity index (χ0n) is 8.53. The fourth-order valence-corrected chi connectivity index (χ4v) is 0.891. The molecule has 0 aliphatic heterocycles. The van der Waals surface area contributed by atoms with Crippen LogP contribution in [0.5, 0.6) is 0 Å². The number of hydroxylamine groups is 2. The van der Waals surface area contributed by atoms with E-state index in [1.165, 1.54) is 0 Å². The molecule has 0 radical (unpaired) electrons. The van der Waals surface area contributed by atoms with Crippen LogP contribution in [0.2, 0.25) is 0 Å². The Bertz CT molecular complexity index is 109. The van der Waals surface area contributed by atoms with Gasteiger partial charge in [-0.1, -0.05) is 13.3 Å². The highest BCUT2D eigenvalue weighted by atomic mass is 16.9. The van der Waals surface area contributed by atoms with Gasteiger partial charge in [-0.3, -0.25) is 5.23 Å². The number of rotatable bonds is 8. The van der Waals surface area contributed by atoms with Gasteiger partial charge in [0, 0.05) is 6.54 Å². The highest BCUT2D eigenvalue weighted by Crippen LogP contribution is 1.99. The number of hydrogen-bond donors (Lipinski definition) is 1. The van der Waals surface area contributed by atoms with Crippen LogP contribution in [0.15, 0.2) is 0 Å². The lowest BCUT2D eigenvalue weighted by Crippen LogP contribution is -2.19. The Morgan fingerprint density at radius 2 is 2.15 bits per heavy atom. The molecule has 0 aromatic carbocycles. The summed E-state index contributed by atoms with van der Waals surface area (Å²) in [6.07, 6.45) is 2.93. The quantitative estimate of drug-likeness (QED) is 0.467. The van der Waals surface area contributed by atoms with E-state index in [1.54, 1.807) is 6.92 Å². The maximum atomic E-state index is 10.9. The van der Waals surface area contributed by atoms with Crippen molar-refractivity contribution in [1.29, 1.82) is 0 Å². The summed E-state index contributed by atoms with van der Waals surface area (Å²) in [5.74, 6) is 0. The Hall–Kier alpha value is -0.160. The molecule has 0 bridgehead atoms. The second-order valence-corrected chi connectivity index (χ2v) is 3.23. The summed E-state index contributed by atoms with van der Waals surface area (Å²) in [5, 5.41) is 20.4. The van der Waals surface area contributed by atoms with Gasteiger partial charge in [-0.25, -0.2) is 0 Å². The molecule has 1 atom stereocenters. The predicted octanol–water partition coefficient (Wildman–Crippen LogP) is 1.68. The van der Waals surface area contributed by atoms with Crippen molar-refractivity contribution >= 4 is 0 Å². The van der Waals surface area contributed by atoms with E-state index in [-0.39, 0.29) is 6.10 Å². The van der Waals surface area contributed by atoms with Crippen molar-refractivity contribution in [3.05, 3.63) is 5.21 Å². The SMILES string of the molecule is CCCCON([O-])CCCC(C)O. The van der Waals surface area contributed by atoms with E-state index in [0.717, 1.165) is 12.8 Å². The van der Waals surface area contributed by atoms with E-state index in [4.69, 9.17) is 9.94 Å². The van der Waals surface area contributed by atoms with Gasteiger partial charge in [-0.05, 0) is 26.2 Å². The lowest BCUT2D eigenvalue weighted by atomic mass is 10.2. The van der Waals surface area contributed by atoms with Gasteiger partial charge in [0.1, 0.15) is 0 Å². The summed E-state index contributed by atoms with van der Waals surface area (Å²) in [6.45, 7) is 4.60. The number of aliphatic hydroxyl groups excluding tert-OH is 1. The topological polar surface area (TPSA) is 55.8 Å². The summed E-state index contributed by atoms with van der Waals surface area (Å²) in [6, 6.07) is 0. The van der Waals surface area contributed by atoms with Crippen molar-refractivity contribution in [3.63, 3.8) is 0 Å². The summed E-state index contributed by atoms with van der Waals surface area (Å²) in [5.41, 5.74) is 0. The van der Waals surface area contributed by atoms with E-state index >= 15 is 0 Å². The minimum Gasteiger partial charge on any atom is -0.762 e. The average Bonchev–Trinajstić information content (AvgIpc) is 2.04. The summed E-state index contributed by atoms with van der Waals surface area (Å²) < 4.78 is 0. The number of nitrogens with zero attached hydrogens (tertiary/aromatic N) is 1. The van der Waals surface area contributed by atoms with Crippen LogP contribution in [0.4, 0.5) is 0 Å². The molecular formula is C9H20NO3-. The Balaban J connectivity index is 3.15. The smallest absolute Gasteiger partial charge is 0.0673 e. The first kappa shape index (κ1) is 12.8. The molecule has 0 saturated heterocycles. The van der Waals surface area contributed by atoms with Crippen LogP contribution in [0, 0.1) is 5.21 Å². The van der Waals surface area contributed by atoms with Gasteiger partial charge in [-0.15, -0.1) is 0 Å². The number of hydrogen-bond acceptors (Lipinski definition) is 4. The summed E-state index contributed by atoms with van der Waals surface area (Å²) in [7, 11) is 0. The number of unbranched alkanes of at least 4 members (excludes halogenated alkanes) is 1. The zero-order chi connectivity index (χ0) is 10.1. The molecule has 0 fully saturated rings. The second kappa shape index (κ2) is 8.44. The van der Waals surface area contributed by atoms with Crippen molar-refractivity contribution < 1.29 is 9.94 Å². The van der Waals surface area contributed by atoms with Crippen LogP contribution < -0.4 is 0 Å². The lowest BCUT2D eigenvalue weighted by Gasteiger charge is -2.26. The van der Waals surface area contributed by atoms with Gasteiger partial charge in [-0.2, -0.15) is 0 Å². The minimum absolute atomic E-state index is 0.330. The van der Waals surface area contributed by atoms with E-state index in [2.05, 4.69) is 0 Å². The molecule has 1 unspecified atom stereocenters. The van der Waals surface area contributed by atoms with Crippen molar-refractivity contribution in [1.82, 2.24) is 5.23 Å². The predicted molar refractivity (Wildman–Crippen MR) is 51.8 cm³/mol. The third-order valence-electron chi connectivity index (χ3n) is 1.70. The van der Waals surface area contributed by atoms with Crippen LogP contribution in [0.1, 0.15) is 39.5 Å². The monoisotopic (exact) mass is 190 g/mol. The molecule has 0 aliphatic carbocycles. The maximum absolute atomic E-state index is 10.9. The van der Waals surface area contributed by atoms with Crippen LogP contribution in [0.3, 0.4) is 0 Å². The van der Waals surface area contributed by atoms with Crippen molar-refractivity contribution in [2.75, 3.05) is 13.2 Å². The van der Waals surface area contributed by atoms with Crippen molar-refractivity contribution in [3.8, 4) is 0 Å². The number of aliphatic hydroxyl groups is 1. The van der Waals surface area contributed by atoms with Gasteiger partial charge in [0.05, 0.1) is 12.7 Å². The second-order valence-electron chi connectivity index (χ2n) is 3.23. The van der Waals surface area contributed by atoms with Gasteiger partial charge in [0.15, 0.2) is 0 Å². The van der Waals surface area contributed by atoms with Gasteiger partial charge < -0.3 is 15.2 Å². The van der Waals surface area contributed by atoms with Gasteiger partial charge in [0.25, 0.3) is 0 Å². The molecule has 0 saturated carbocycles. The van der Waals surface area contributed by atoms with E-state index in [0.29, 0.717) is 31.2 Å².